The molecule has 5 heteroatoms. The zero-order chi connectivity index (χ0) is 15.4. The van der Waals surface area contributed by atoms with Gasteiger partial charge in [-0.15, -0.1) is 0 Å². The van der Waals surface area contributed by atoms with Crippen molar-refractivity contribution in [2.45, 2.75) is 51.2 Å². The smallest absolute Gasteiger partial charge is 0.412 e. The Morgan fingerprint density at radius 2 is 2.14 bits per heavy atom. The number of benzene rings is 1. The standard InChI is InChI=1S/C17H22N2O3/c1-12-11-18-16(21-12)13-6-5-9-15(10-13)22-17(20)19-14-7-3-2-4-8-14/h5-6,9-10,12,14H,2-4,7-8,11H2,1H3,(H,19,20). The number of ether oxygens (including phenoxy) is 2. The van der Waals surface area contributed by atoms with Gasteiger partial charge in [-0.2, -0.15) is 0 Å². The molecule has 1 atom stereocenters. The minimum atomic E-state index is -0.383. The van der Waals surface area contributed by atoms with Crippen molar-refractivity contribution < 1.29 is 14.3 Å². The Bertz CT molecular complexity index is 565. The van der Waals surface area contributed by atoms with Gasteiger partial charge in [-0.1, -0.05) is 25.3 Å². The van der Waals surface area contributed by atoms with Gasteiger partial charge in [-0.05, 0) is 38.0 Å². The van der Waals surface area contributed by atoms with E-state index >= 15 is 0 Å². The number of hydrogen-bond donors (Lipinski definition) is 1. The normalized spacial score (nSPS) is 21.9. The van der Waals surface area contributed by atoms with E-state index in [4.69, 9.17) is 9.47 Å². The first-order valence-corrected chi connectivity index (χ1v) is 8.00. The predicted octanol–water partition coefficient (Wildman–Crippen LogP) is 3.27. The van der Waals surface area contributed by atoms with Crippen molar-refractivity contribution >= 4 is 12.0 Å². The number of hydrogen-bond acceptors (Lipinski definition) is 4. The molecule has 0 spiro atoms. The summed E-state index contributed by atoms with van der Waals surface area (Å²) in [6.07, 6.45) is 5.41. The second-order valence-electron chi connectivity index (χ2n) is 5.97. The van der Waals surface area contributed by atoms with Crippen LogP contribution in [0.4, 0.5) is 4.79 Å². The van der Waals surface area contributed by atoms with Crippen molar-refractivity contribution in [2.75, 3.05) is 6.54 Å². The first kappa shape index (κ1) is 14.9. The minimum Gasteiger partial charge on any atom is -0.472 e. The maximum absolute atomic E-state index is 12.0. The number of carbonyl (C=O) groups excluding carboxylic acids is 1. The topological polar surface area (TPSA) is 59.9 Å². The lowest BCUT2D eigenvalue weighted by Gasteiger charge is -2.22. The molecule has 0 saturated heterocycles. The van der Waals surface area contributed by atoms with E-state index in [1.807, 2.05) is 19.1 Å². The quantitative estimate of drug-likeness (QED) is 0.932. The second kappa shape index (κ2) is 6.81. The van der Waals surface area contributed by atoms with Gasteiger partial charge in [-0.3, -0.25) is 0 Å². The molecule has 3 rings (SSSR count). The zero-order valence-electron chi connectivity index (χ0n) is 12.9. The van der Waals surface area contributed by atoms with Gasteiger partial charge in [0.25, 0.3) is 0 Å². The molecule has 1 aliphatic heterocycles. The van der Waals surface area contributed by atoms with E-state index in [1.165, 1.54) is 19.3 Å². The lowest BCUT2D eigenvalue weighted by atomic mass is 9.96. The summed E-state index contributed by atoms with van der Waals surface area (Å²) >= 11 is 0. The Morgan fingerprint density at radius 1 is 1.32 bits per heavy atom. The molecular formula is C17H22N2O3. The SMILES string of the molecule is CC1CN=C(c2cccc(OC(=O)NC3CCCCC3)c2)O1. The third-order valence-corrected chi connectivity index (χ3v) is 4.02. The molecule has 0 bridgehead atoms. The van der Waals surface area contributed by atoms with Crippen molar-refractivity contribution in [3.8, 4) is 5.75 Å². The van der Waals surface area contributed by atoms with Crippen LogP contribution in [-0.4, -0.2) is 30.7 Å². The van der Waals surface area contributed by atoms with Crippen LogP contribution in [0.15, 0.2) is 29.3 Å². The lowest BCUT2D eigenvalue weighted by molar-refractivity contribution is 0.192. The van der Waals surface area contributed by atoms with E-state index in [9.17, 15) is 4.79 Å². The van der Waals surface area contributed by atoms with E-state index in [0.29, 0.717) is 18.2 Å². The van der Waals surface area contributed by atoms with Crippen LogP contribution < -0.4 is 10.1 Å². The summed E-state index contributed by atoms with van der Waals surface area (Å²) in [4.78, 5) is 16.3. The summed E-state index contributed by atoms with van der Waals surface area (Å²) in [6, 6.07) is 7.55. The molecule has 0 aromatic heterocycles. The maximum atomic E-state index is 12.0. The van der Waals surface area contributed by atoms with Gasteiger partial charge in [0, 0.05) is 11.6 Å². The Balaban J connectivity index is 1.59. The van der Waals surface area contributed by atoms with Crippen molar-refractivity contribution in [3.63, 3.8) is 0 Å². The van der Waals surface area contributed by atoms with Crippen LogP contribution in [0.5, 0.6) is 5.75 Å². The first-order valence-electron chi connectivity index (χ1n) is 8.00. The van der Waals surface area contributed by atoms with Crippen LogP contribution in [0, 0.1) is 0 Å². The highest BCUT2D eigenvalue weighted by Crippen LogP contribution is 2.20. The fourth-order valence-electron chi connectivity index (χ4n) is 2.88. The molecule has 1 N–H and O–H groups in total. The molecule has 1 aromatic rings. The molecule has 1 fully saturated rings. The summed E-state index contributed by atoms with van der Waals surface area (Å²) < 4.78 is 11.0. The Morgan fingerprint density at radius 3 is 2.86 bits per heavy atom. The molecule has 1 heterocycles. The molecule has 118 valence electrons. The largest absolute Gasteiger partial charge is 0.472 e. The first-order chi connectivity index (χ1) is 10.7. The fourth-order valence-corrected chi connectivity index (χ4v) is 2.88. The number of carbonyl (C=O) groups is 1. The van der Waals surface area contributed by atoms with Gasteiger partial charge >= 0.3 is 6.09 Å². The van der Waals surface area contributed by atoms with Crippen LogP contribution in [0.3, 0.4) is 0 Å². The summed E-state index contributed by atoms with van der Waals surface area (Å²) in [5.41, 5.74) is 0.840. The summed E-state index contributed by atoms with van der Waals surface area (Å²) in [6.45, 7) is 2.65. The summed E-state index contributed by atoms with van der Waals surface area (Å²) in [5.74, 6) is 1.13. The van der Waals surface area contributed by atoms with Gasteiger partial charge in [0.1, 0.15) is 11.9 Å². The Hall–Kier alpha value is -2.04. The Kier molecular flexibility index (Phi) is 4.61. The number of aliphatic imine (C=N–C) groups is 1. The molecule has 1 aromatic carbocycles. The number of nitrogens with zero attached hydrogens (tertiary/aromatic N) is 1. The number of amides is 1. The zero-order valence-corrected chi connectivity index (χ0v) is 12.9. The second-order valence-corrected chi connectivity index (χ2v) is 5.97. The average Bonchev–Trinajstić information content (AvgIpc) is 2.95. The minimum absolute atomic E-state index is 0.106. The molecule has 5 nitrogen and oxygen atoms in total. The highest BCUT2D eigenvalue weighted by Gasteiger charge is 2.19. The van der Waals surface area contributed by atoms with Crippen LogP contribution >= 0.6 is 0 Å². The molecule has 2 aliphatic rings. The van der Waals surface area contributed by atoms with Crippen LogP contribution in [-0.2, 0) is 4.74 Å². The van der Waals surface area contributed by atoms with Gasteiger partial charge in [0.15, 0.2) is 0 Å². The molecule has 22 heavy (non-hydrogen) atoms. The monoisotopic (exact) mass is 302 g/mol. The fraction of sp³-hybridized carbons (Fsp3) is 0.529. The predicted molar refractivity (Wildman–Crippen MR) is 84.4 cm³/mol. The van der Waals surface area contributed by atoms with Gasteiger partial charge in [0.2, 0.25) is 5.90 Å². The van der Waals surface area contributed by atoms with E-state index in [0.717, 1.165) is 18.4 Å². The van der Waals surface area contributed by atoms with Gasteiger partial charge in [0.05, 0.1) is 6.54 Å². The molecule has 0 radical (unpaired) electrons. The molecule has 1 unspecified atom stereocenters. The number of nitrogens with one attached hydrogen (secondary N) is 1. The van der Waals surface area contributed by atoms with Crippen molar-refractivity contribution in [1.82, 2.24) is 5.32 Å². The highest BCUT2D eigenvalue weighted by atomic mass is 16.6. The lowest BCUT2D eigenvalue weighted by Crippen LogP contribution is -2.38. The van der Waals surface area contributed by atoms with E-state index < -0.39 is 0 Å². The number of rotatable bonds is 3. The van der Waals surface area contributed by atoms with Gasteiger partial charge in [-0.25, -0.2) is 9.79 Å². The van der Waals surface area contributed by atoms with Crippen LogP contribution in [0.2, 0.25) is 0 Å². The molecule has 1 saturated carbocycles. The van der Waals surface area contributed by atoms with E-state index in [1.54, 1.807) is 12.1 Å². The van der Waals surface area contributed by atoms with E-state index in [2.05, 4.69) is 10.3 Å². The third-order valence-electron chi connectivity index (χ3n) is 4.02. The maximum Gasteiger partial charge on any atom is 0.412 e. The van der Waals surface area contributed by atoms with E-state index in [-0.39, 0.29) is 18.2 Å². The molecule has 1 amide bonds. The van der Waals surface area contributed by atoms with Crippen molar-refractivity contribution in [3.05, 3.63) is 29.8 Å². The highest BCUT2D eigenvalue weighted by molar-refractivity contribution is 5.95. The molecular weight excluding hydrogens is 280 g/mol. The summed E-state index contributed by atoms with van der Waals surface area (Å²) in [7, 11) is 0. The molecule has 1 aliphatic carbocycles. The average molecular weight is 302 g/mol. The third kappa shape index (κ3) is 3.78. The van der Waals surface area contributed by atoms with Crippen molar-refractivity contribution in [1.29, 1.82) is 0 Å². The van der Waals surface area contributed by atoms with Crippen molar-refractivity contribution in [2.24, 2.45) is 4.99 Å². The Labute approximate surface area is 130 Å². The van der Waals surface area contributed by atoms with Crippen LogP contribution in [0.1, 0.15) is 44.6 Å². The van der Waals surface area contributed by atoms with Crippen LogP contribution in [0.25, 0.3) is 0 Å². The van der Waals surface area contributed by atoms with Gasteiger partial charge < -0.3 is 14.8 Å². The summed E-state index contributed by atoms with van der Waals surface area (Å²) in [5, 5.41) is 2.94.